The van der Waals surface area contributed by atoms with Crippen molar-refractivity contribution in [3.63, 3.8) is 0 Å². The fourth-order valence-electron chi connectivity index (χ4n) is 1.46. The lowest BCUT2D eigenvalue weighted by atomic mass is 10.2. The number of hydrogen-bond acceptors (Lipinski definition) is 3. The van der Waals surface area contributed by atoms with E-state index in [0.29, 0.717) is 17.0 Å². The van der Waals surface area contributed by atoms with Crippen molar-refractivity contribution in [1.82, 2.24) is 4.98 Å². The maximum atomic E-state index is 13.7. The average Bonchev–Trinajstić information content (AvgIpc) is 2.35. The van der Waals surface area contributed by atoms with Gasteiger partial charge in [-0.1, -0.05) is 17.7 Å². The summed E-state index contributed by atoms with van der Waals surface area (Å²) < 4.78 is 19.1. The number of aliphatic hydroxyl groups is 1. The molecule has 0 atom stereocenters. The second-order valence-corrected chi connectivity index (χ2v) is 4.15. The van der Waals surface area contributed by atoms with E-state index >= 15 is 0 Å². The zero-order valence-electron chi connectivity index (χ0n) is 9.65. The Kier molecular flexibility index (Phi) is 3.79. The van der Waals surface area contributed by atoms with Crippen molar-refractivity contribution < 1.29 is 14.2 Å². The SMILES string of the molecule is Cc1cc(Oc2cccc(Cl)c2F)c(CO)cn1. The summed E-state index contributed by atoms with van der Waals surface area (Å²) >= 11 is 5.67. The van der Waals surface area contributed by atoms with Crippen molar-refractivity contribution in [1.29, 1.82) is 0 Å². The van der Waals surface area contributed by atoms with Crippen LogP contribution in [0.25, 0.3) is 0 Å². The summed E-state index contributed by atoms with van der Waals surface area (Å²) in [5, 5.41) is 9.16. The van der Waals surface area contributed by atoms with Gasteiger partial charge in [0.15, 0.2) is 11.6 Å². The first kappa shape index (κ1) is 12.8. The number of hydrogen-bond donors (Lipinski definition) is 1. The van der Waals surface area contributed by atoms with E-state index < -0.39 is 5.82 Å². The van der Waals surface area contributed by atoms with Crippen LogP contribution >= 0.6 is 11.6 Å². The third-order valence-corrected chi connectivity index (χ3v) is 2.68. The molecule has 0 bridgehead atoms. The van der Waals surface area contributed by atoms with Crippen LogP contribution in [0.5, 0.6) is 11.5 Å². The predicted octanol–water partition coefficient (Wildman–Crippen LogP) is 3.47. The summed E-state index contributed by atoms with van der Waals surface area (Å²) in [5.74, 6) is -0.244. The molecule has 0 fully saturated rings. The van der Waals surface area contributed by atoms with Gasteiger partial charge < -0.3 is 9.84 Å². The first-order chi connectivity index (χ1) is 8.61. The van der Waals surface area contributed by atoms with Crippen LogP contribution in [0.1, 0.15) is 11.3 Å². The van der Waals surface area contributed by atoms with Gasteiger partial charge in [-0.25, -0.2) is 4.39 Å². The summed E-state index contributed by atoms with van der Waals surface area (Å²) in [6, 6.07) is 6.13. The second kappa shape index (κ2) is 5.33. The summed E-state index contributed by atoms with van der Waals surface area (Å²) in [6.45, 7) is 1.55. The lowest BCUT2D eigenvalue weighted by molar-refractivity contribution is 0.275. The first-order valence-electron chi connectivity index (χ1n) is 5.30. The maximum absolute atomic E-state index is 13.7. The fourth-order valence-corrected chi connectivity index (χ4v) is 1.62. The molecular formula is C13H11ClFNO2. The van der Waals surface area contributed by atoms with E-state index in [1.165, 1.54) is 18.3 Å². The molecule has 0 aliphatic heterocycles. The molecule has 2 rings (SSSR count). The van der Waals surface area contributed by atoms with Crippen molar-refractivity contribution in [3.05, 3.63) is 52.6 Å². The van der Waals surface area contributed by atoms with Gasteiger partial charge in [0.25, 0.3) is 0 Å². The minimum atomic E-state index is -0.627. The number of pyridine rings is 1. The standard InChI is InChI=1S/C13H11ClFNO2/c1-8-5-12(9(7-17)6-16-8)18-11-4-2-3-10(14)13(11)15/h2-6,17H,7H2,1H3. The van der Waals surface area contributed by atoms with Crippen LogP contribution in [0, 0.1) is 12.7 Å². The van der Waals surface area contributed by atoms with Crippen LogP contribution in [0.15, 0.2) is 30.5 Å². The minimum Gasteiger partial charge on any atom is -0.454 e. The van der Waals surface area contributed by atoms with Gasteiger partial charge in [0, 0.05) is 23.5 Å². The molecule has 0 aliphatic rings. The van der Waals surface area contributed by atoms with Gasteiger partial charge >= 0.3 is 0 Å². The molecule has 5 heteroatoms. The van der Waals surface area contributed by atoms with Crippen LogP contribution in [-0.4, -0.2) is 10.1 Å². The molecular weight excluding hydrogens is 257 g/mol. The van der Waals surface area contributed by atoms with E-state index in [1.54, 1.807) is 19.1 Å². The molecule has 0 saturated carbocycles. The molecule has 3 nitrogen and oxygen atoms in total. The average molecular weight is 268 g/mol. The lowest BCUT2D eigenvalue weighted by Crippen LogP contribution is -1.96. The molecule has 0 unspecified atom stereocenters. The number of aliphatic hydroxyl groups excluding tert-OH is 1. The van der Waals surface area contributed by atoms with E-state index in [1.807, 2.05) is 0 Å². The summed E-state index contributed by atoms with van der Waals surface area (Å²) in [5.41, 5.74) is 1.20. The van der Waals surface area contributed by atoms with Crippen LogP contribution in [0.3, 0.4) is 0 Å². The molecule has 94 valence electrons. The Morgan fingerprint density at radius 1 is 1.39 bits per heavy atom. The largest absolute Gasteiger partial charge is 0.454 e. The molecule has 1 aromatic heterocycles. The van der Waals surface area contributed by atoms with Crippen LogP contribution < -0.4 is 4.74 Å². The number of nitrogens with zero attached hydrogens (tertiary/aromatic N) is 1. The van der Waals surface area contributed by atoms with Crippen molar-refractivity contribution in [3.8, 4) is 11.5 Å². The summed E-state index contributed by atoms with van der Waals surface area (Å²) in [4.78, 5) is 4.03. The maximum Gasteiger partial charge on any atom is 0.184 e. The Balaban J connectivity index is 2.39. The Labute approximate surface area is 109 Å². The number of rotatable bonds is 3. The van der Waals surface area contributed by atoms with E-state index in [-0.39, 0.29) is 17.4 Å². The normalized spacial score (nSPS) is 10.4. The van der Waals surface area contributed by atoms with E-state index in [0.717, 1.165) is 0 Å². The van der Waals surface area contributed by atoms with Crippen molar-refractivity contribution >= 4 is 11.6 Å². The molecule has 18 heavy (non-hydrogen) atoms. The lowest BCUT2D eigenvalue weighted by Gasteiger charge is -2.11. The highest BCUT2D eigenvalue weighted by atomic mass is 35.5. The van der Waals surface area contributed by atoms with Gasteiger partial charge in [0.2, 0.25) is 0 Å². The quantitative estimate of drug-likeness (QED) is 0.926. The number of ether oxygens (including phenoxy) is 1. The number of halogens is 2. The van der Waals surface area contributed by atoms with Crippen LogP contribution in [-0.2, 0) is 6.61 Å². The molecule has 1 aromatic carbocycles. The van der Waals surface area contributed by atoms with Gasteiger partial charge in [0.05, 0.1) is 11.6 Å². The Morgan fingerprint density at radius 2 is 2.17 bits per heavy atom. The predicted molar refractivity (Wildman–Crippen MR) is 66.4 cm³/mol. The molecule has 0 saturated heterocycles. The second-order valence-electron chi connectivity index (χ2n) is 3.75. The first-order valence-corrected chi connectivity index (χ1v) is 5.68. The van der Waals surface area contributed by atoms with E-state index in [4.69, 9.17) is 16.3 Å². The summed E-state index contributed by atoms with van der Waals surface area (Å²) in [6.07, 6.45) is 1.49. The third kappa shape index (κ3) is 2.60. The smallest absolute Gasteiger partial charge is 0.184 e. The van der Waals surface area contributed by atoms with Gasteiger partial charge in [-0.2, -0.15) is 0 Å². The topological polar surface area (TPSA) is 42.4 Å². The highest BCUT2D eigenvalue weighted by Gasteiger charge is 2.11. The van der Waals surface area contributed by atoms with Gasteiger partial charge in [-0.15, -0.1) is 0 Å². The zero-order valence-corrected chi connectivity index (χ0v) is 10.4. The monoisotopic (exact) mass is 267 g/mol. The van der Waals surface area contributed by atoms with Gasteiger partial charge in [-0.3, -0.25) is 4.98 Å². The number of aryl methyl sites for hydroxylation is 1. The van der Waals surface area contributed by atoms with Gasteiger partial charge in [0.1, 0.15) is 5.75 Å². The number of aromatic nitrogens is 1. The Morgan fingerprint density at radius 3 is 2.89 bits per heavy atom. The van der Waals surface area contributed by atoms with Gasteiger partial charge in [-0.05, 0) is 19.1 Å². The highest BCUT2D eigenvalue weighted by Crippen LogP contribution is 2.30. The Hall–Kier alpha value is -1.65. The van der Waals surface area contributed by atoms with Crippen molar-refractivity contribution in [2.24, 2.45) is 0 Å². The molecule has 0 amide bonds. The van der Waals surface area contributed by atoms with E-state index in [9.17, 15) is 9.50 Å². The van der Waals surface area contributed by atoms with E-state index in [2.05, 4.69) is 4.98 Å². The number of benzene rings is 1. The highest BCUT2D eigenvalue weighted by molar-refractivity contribution is 6.30. The molecule has 0 spiro atoms. The van der Waals surface area contributed by atoms with Crippen LogP contribution in [0.2, 0.25) is 5.02 Å². The molecule has 0 aliphatic carbocycles. The fraction of sp³-hybridized carbons (Fsp3) is 0.154. The minimum absolute atomic E-state index is 0.0103. The van der Waals surface area contributed by atoms with Crippen LogP contribution in [0.4, 0.5) is 4.39 Å². The summed E-state index contributed by atoms with van der Waals surface area (Å²) in [7, 11) is 0. The Bertz CT molecular complexity index is 575. The zero-order chi connectivity index (χ0) is 13.1. The molecule has 2 aromatic rings. The molecule has 0 radical (unpaired) electrons. The molecule has 1 N–H and O–H groups in total. The van der Waals surface area contributed by atoms with Crippen molar-refractivity contribution in [2.75, 3.05) is 0 Å². The molecule has 1 heterocycles. The third-order valence-electron chi connectivity index (χ3n) is 2.39. The van der Waals surface area contributed by atoms with Crippen molar-refractivity contribution in [2.45, 2.75) is 13.5 Å².